The molecule has 1 amide bonds. The van der Waals surface area contributed by atoms with Crippen LogP contribution in [0.5, 0.6) is 0 Å². The molecule has 1 N–H and O–H groups in total. The van der Waals surface area contributed by atoms with Crippen LogP contribution in [0.4, 0.5) is 0 Å². The van der Waals surface area contributed by atoms with Gasteiger partial charge in [0.15, 0.2) is 0 Å². The zero-order valence-electron chi connectivity index (χ0n) is 11.1. The van der Waals surface area contributed by atoms with Gasteiger partial charge < -0.3 is 5.32 Å². The topological polar surface area (TPSA) is 59.4 Å². The van der Waals surface area contributed by atoms with Gasteiger partial charge in [-0.25, -0.2) is 0 Å². The van der Waals surface area contributed by atoms with E-state index in [-0.39, 0.29) is 11.9 Å². The molecule has 2 fully saturated rings. The summed E-state index contributed by atoms with van der Waals surface area (Å²) in [5, 5.41) is 11.6. The summed E-state index contributed by atoms with van der Waals surface area (Å²) in [6.07, 6.45) is 2.87. The number of carbonyl (C=O) groups excluding carboxylic acids is 1. The summed E-state index contributed by atoms with van der Waals surface area (Å²) in [6.45, 7) is 6.61. The van der Waals surface area contributed by atoms with Gasteiger partial charge in [-0.1, -0.05) is 0 Å². The van der Waals surface area contributed by atoms with Crippen molar-refractivity contribution in [3.8, 4) is 6.07 Å². The Kier molecular flexibility index (Phi) is 4.56. The van der Waals surface area contributed by atoms with Crippen LogP contribution < -0.4 is 5.32 Å². The van der Waals surface area contributed by atoms with Gasteiger partial charge in [0, 0.05) is 45.2 Å². The van der Waals surface area contributed by atoms with Crippen LogP contribution in [-0.2, 0) is 4.79 Å². The van der Waals surface area contributed by atoms with Gasteiger partial charge in [0.2, 0.25) is 5.91 Å². The van der Waals surface area contributed by atoms with Crippen molar-refractivity contribution in [1.82, 2.24) is 15.1 Å². The molecule has 0 spiro atoms. The minimum Gasteiger partial charge on any atom is -0.352 e. The van der Waals surface area contributed by atoms with E-state index in [1.807, 2.05) is 6.92 Å². The second-order valence-corrected chi connectivity index (χ2v) is 5.24. The Hall–Kier alpha value is -1.12. The van der Waals surface area contributed by atoms with E-state index in [4.69, 9.17) is 5.26 Å². The zero-order valence-corrected chi connectivity index (χ0v) is 11.1. The average Bonchev–Trinajstić information content (AvgIpc) is 3.20. The standard InChI is InChI=1S/C13H22N4O/c1-11(13(18)15-12-3-4-12)17-9-7-16(8-10-17)6-2-5-14/h11-12H,2-4,6-10H2,1H3,(H,15,18). The van der Waals surface area contributed by atoms with E-state index in [1.165, 1.54) is 0 Å². The van der Waals surface area contributed by atoms with E-state index in [1.54, 1.807) is 0 Å². The van der Waals surface area contributed by atoms with Crippen LogP contribution in [0, 0.1) is 11.3 Å². The van der Waals surface area contributed by atoms with Crippen LogP contribution in [0.1, 0.15) is 26.2 Å². The zero-order chi connectivity index (χ0) is 13.0. The SMILES string of the molecule is CC(C(=O)NC1CC1)N1CCN(CCC#N)CC1. The molecule has 0 aromatic rings. The van der Waals surface area contributed by atoms with E-state index in [0.29, 0.717) is 12.5 Å². The fourth-order valence-electron chi connectivity index (χ4n) is 2.30. The third-order valence-electron chi connectivity index (χ3n) is 3.80. The number of amides is 1. The number of nitrogens with zero attached hydrogens (tertiary/aromatic N) is 3. The number of rotatable bonds is 5. The molecule has 1 heterocycles. The van der Waals surface area contributed by atoms with Crippen LogP contribution in [0.15, 0.2) is 0 Å². The highest BCUT2D eigenvalue weighted by molar-refractivity contribution is 5.81. The van der Waals surface area contributed by atoms with E-state index in [9.17, 15) is 4.79 Å². The van der Waals surface area contributed by atoms with Crippen LogP contribution in [-0.4, -0.2) is 60.5 Å². The highest BCUT2D eigenvalue weighted by Crippen LogP contribution is 2.19. The van der Waals surface area contributed by atoms with Crippen molar-refractivity contribution in [1.29, 1.82) is 5.26 Å². The summed E-state index contributed by atoms with van der Waals surface area (Å²) >= 11 is 0. The van der Waals surface area contributed by atoms with E-state index < -0.39 is 0 Å². The van der Waals surface area contributed by atoms with Crippen molar-refractivity contribution < 1.29 is 4.79 Å². The molecule has 1 aliphatic heterocycles. The lowest BCUT2D eigenvalue weighted by atomic mass is 10.2. The van der Waals surface area contributed by atoms with Gasteiger partial charge in [0.25, 0.3) is 0 Å². The minimum absolute atomic E-state index is 0.0243. The van der Waals surface area contributed by atoms with Gasteiger partial charge in [-0.3, -0.25) is 14.6 Å². The first-order valence-corrected chi connectivity index (χ1v) is 6.84. The van der Waals surface area contributed by atoms with Crippen molar-refractivity contribution in [2.45, 2.75) is 38.3 Å². The molecule has 1 saturated heterocycles. The van der Waals surface area contributed by atoms with Gasteiger partial charge in [-0.15, -0.1) is 0 Å². The van der Waals surface area contributed by atoms with Gasteiger partial charge >= 0.3 is 0 Å². The van der Waals surface area contributed by atoms with Crippen molar-refractivity contribution in [2.75, 3.05) is 32.7 Å². The Morgan fingerprint density at radius 3 is 2.61 bits per heavy atom. The van der Waals surface area contributed by atoms with Crippen molar-refractivity contribution >= 4 is 5.91 Å². The maximum absolute atomic E-state index is 11.9. The van der Waals surface area contributed by atoms with Crippen LogP contribution >= 0.6 is 0 Å². The molecule has 2 rings (SSSR count). The predicted molar refractivity (Wildman–Crippen MR) is 68.9 cm³/mol. The van der Waals surface area contributed by atoms with Gasteiger partial charge in [0.1, 0.15) is 0 Å². The number of piperazine rings is 1. The second-order valence-electron chi connectivity index (χ2n) is 5.24. The van der Waals surface area contributed by atoms with Crippen LogP contribution in [0.3, 0.4) is 0 Å². The van der Waals surface area contributed by atoms with Gasteiger partial charge in [-0.05, 0) is 19.8 Å². The van der Waals surface area contributed by atoms with E-state index >= 15 is 0 Å². The lowest BCUT2D eigenvalue weighted by Gasteiger charge is -2.37. The summed E-state index contributed by atoms with van der Waals surface area (Å²) in [5.74, 6) is 0.169. The summed E-state index contributed by atoms with van der Waals surface area (Å²) < 4.78 is 0. The predicted octanol–water partition coefficient (Wildman–Crippen LogP) is 0.185. The normalized spacial score (nSPS) is 23.3. The lowest BCUT2D eigenvalue weighted by Crippen LogP contribution is -2.54. The molecule has 0 aromatic carbocycles. The molecule has 1 unspecified atom stereocenters. The van der Waals surface area contributed by atoms with Crippen molar-refractivity contribution in [3.63, 3.8) is 0 Å². The Labute approximate surface area is 109 Å². The van der Waals surface area contributed by atoms with E-state index in [2.05, 4.69) is 21.2 Å². The fourth-order valence-corrected chi connectivity index (χ4v) is 2.30. The molecule has 18 heavy (non-hydrogen) atoms. The van der Waals surface area contributed by atoms with Crippen molar-refractivity contribution in [2.24, 2.45) is 0 Å². The highest BCUT2D eigenvalue weighted by atomic mass is 16.2. The molecule has 0 radical (unpaired) electrons. The Balaban J connectivity index is 1.71. The number of hydrogen-bond acceptors (Lipinski definition) is 4. The average molecular weight is 250 g/mol. The molecule has 1 saturated carbocycles. The van der Waals surface area contributed by atoms with Crippen LogP contribution in [0.2, 0.25) is 0 Å². The van der Waals surface area contributed by atoms with Gasteiger partial charge in [-0.2, -0.15) is 5.26 Å². The number of hydrogen-bond donors (Lipinski definition) is 1. The summed E-state index contributed by atoms with van der Waals surface area (Å²) in [7, 11) is 0. The van der Waals surface area contributed by atoms with Crippen molar-refractivity contribution in [3.05, 3.63) is 0 Å². The first kappa shape index (κ1) is 13.3. The lowest BCUT2D eigenvalue weighted by molar-refractivity contribution is -0.126. The molecule has 100 valence electrons. The third kappa shape index (κ3) is 3.69. The smallest absolute Gasteiger partial charge is 0.237 e. The number of nitriles is 1. The third-order valence-corrected chi connectivity index (χ3v) is 3.80. The molecule has 5 heteroatoms. The molecular formula is C13H22N4O. The van der Waals surface area contributed by atoms with Crippen LogP contribution in [0.25, 0.3) is 0 Å². The fraction of sp³-hybridized carbons (Fsp3) is 0.846. The maximum Gasteiger partial charge on any atom is 0.237 e. The molecular weight excluding hydrogens is 228 g/mol. The Bertz CT molecular complexity index is 326. The number of nitrogens with one attached hydrogen (secondary N) is 1. The Morgan fingerprint density at radius 2 is 2.06 bits per heavy atom. The quantitative estimate of drug-likeness (QED) is 0.756. The second kappa shape index (κ2) is 6.17. The maximum atomic E-state index is 11.9. The molecule has 0 aromatic heterocycles. The first-order valence-electron chi connectivity index (χ1n) is 6.84. The summed E-state index contributed by atoms with van der Waals surface area (Å²) in [6, 6.07) is 2.59. The monoisotopic (exact) mass is 250 g/mol. The minimum atomic E-state index is -0.0243. The number of carbonyl (C=O) groups is 1. The summed E-state index contributed by atoms with van der Waals surface area (Å²) in [4.78, 5) is 16.5. The first-order chi connectivity index (χ1) is 8.70. The molecule has 5 nitrogen and oxygen atoms in total. The largest absolute Gasteiger partial charge is 0.352 e. The molecule has 1 atom stereocenters. The van der Waals surface area contributed by atoms with E-state index in [0.717, 1.165) is 45.6 Å². The highest BCUT2D eigenvalue weighted by Gasteiger charge is 2.29. The van der Waals surface area contributed by atoms with Gasteiger partial charge in [0.05, 0.1) is 12.1 Å². The molecule has 2 aliphatic rings. The molecule has 1 aliphatic carbocycles. The molecule has 0 bridgehead atoms. The summed E-state index contributed by atoms with van der Waals surface area (Å²) in [5.41, 5.74) is 0. The Morgan fingerprint density at radius 1 is 1.39 bits per heavy atom.